The molecular weight excluding hydrogens is 332 g/mol. The minimum atomic E-state index is 0.551. The van der Waals surface area contributed by atoms with E-state index in [0.717, 1.165) is 24.0 Å². The molecule has 4 atom stereocenters. The van der Waals surface area contributed by atoms with Crippen molar-refractivity contribution in [2.45, 2.75) is 37.6 Å². The van der Waals surface area contributed by atoms with Gasteiger partial charge in [-0.15, -0.1) is 0 Å². The monoisotopic (exact) mass is 362 g/mol. The zero-order chi connectivity index (χ0) is 18.2. The molecule has 3 nitrogen and oxygen atoms in total. The van der Waals surface area contributed by atoms with Crippen molar-refractivity contribution in [2.75, 3.05) is 26.2 Å². The van der Waals surface area contributed by atoms with E-state index >= 15 is 0 Å². The second kappa shape index (κ2) is 7.29. The summed E-state index contributed by atoms with van der Waals surface area (Å²) < 4.78 is 5.87. The van der Waals surface area contributed by atoms with Gasteiger partial charge in [0.15, 0.2) is 0 Å². The summed E-state index contributed by atoms with van der Waals surface area (Å²) in [5.41, 5.74) is 10.1. The summed E-state index contributed by atoms with van der Waals surface area (Å²) in [4.78, 5) is 2.81. The lowest BCUT2D eigenvalue weighted by molar-refractivity contribution is 0.170. The van der Waals surface area contributed by atoms with E-state index in [1.165, 1.54) is 49.0 Å². The first-order valence-corrected chi connectivity index (χ1v) is 10.6. The molecule has 1 aliphatic heterocycles. The lowest BCUT2D eigenvalue weighted by atomic mass is 9.75. The second-order valence-corrected chi connectivity index (χ2v) is 8.61. The van der Waals surface area contributed by atoms with Crippen molar-refractivity contribution in [3.63, 3.8) is 0 Å². The number of aryl methyl sites for hydroxylation is 1. The highest BCUT2D eigenvalue weighted by Crippen LogP contribution is 2.49. The SMILES string of the molecule is NCCOc1ccc2c(c1)C(Cc1ccccc1)C(N1C[C@H]3C[C@H]3C1)CC2. The van der Waals surface area contributed by atoms with E-state index in [2.05, 4.69) is 53.4 Å². The molecule has 2 aromatic rings. The minimum absolute atomic E-state index is 0.551. The van der Waals surface area contributed by atoms with Gasteiger partial charge in [0.25, 0.3) is 0 Å². The Morgan fingerprint density at radius 2 is 1.85 bits per heavy atom. The third-order valence-corrected chi connectivity index (χ3v) is 6.85. The smallest absolute Gasteiger partial charge is 0.119 e. The molecule has 1 saturated heterocycles. The average molecular weight is 363 g/mol. The van der Waals surface area contributed by atoms with Crippen LogP contribution < -0.4 is 10.5 Å². The number of rotatable bonds is 6. The van der Waals surface area contributed by atoms with E-state index in [1.807, 2.05) is 0 Å². The summed E-state index contributed by atoms with van der Waals surface area (Å²) in [6.45, 7) is 3.78. The summed E-state index contributed by atoms with van der Waals surface area (Å²) in [6, 6.07) is 18.4. The number of nitrogens with zero attached hydrogens (tertiary/aromatic N) is 1. The molecule has 3 aliphatic rings. The number of nitrogens with two attached hydrogens (primary N) is 1. The maximum atomic E-state index is 5.87. The Kier molecular flexibility index (Phi) is 4.66. The van der Waals surface area contributed by atoms with Crippen molar-refractivity contribution in [1.82, 2.24) is 4.90 Å². The van der Waals surface area contributed by atoms with Crippen molar-refractivity contribution in [3.05, 3.63) is 65.2 Å². The number of likely N-dealkylation sites (tertiary alicyclic amines) is 1. The van der Waals surface area contributed by atoms with Crippen LogP contribution >= 0.6 is 0 Å². The molecule has 2 aromatic carbocycles. The first kappa shape index (κ1) is 17.3. The Morgan fingerprint density at radius 3 is 2.63 bits per heavy atom. The molecule has 1 heterocycles. The van der Waals surface area contributed by atoms with Crippen LogP contribution in [-0.2, 0) is 12.8 Å². The van der Waals surface area contributed by atoms with Crippen LogP contribution in [0.5, 0.6) is 5.75 Å². The van der Waals surface area contributed by atoms with Gasteiger partial charge in [-0.25, -0.2) is 0 Å². The van der Waals surface area contributed by atoms with E-state index in [9.17, 15) is 0 Å². The molecule has 2 aliphatic carbocycles. The van der Waals surface area contributed by atoms with E-state index in [1.54, 1.807) is 0 Å². The molecule has 27 heavy (non-hydrogen) atoms. The number of hydrogen-bond donors (Lipinski definition) is 1. The highest BCUT2D eigenvalue weighted by atomic mass is 16.5. The van der Waals surface area contributed by atoms with Gasteiger partial charge < -0.3 is 10.5 Å². The highest BCUT2D eigenvalue weighted by Gasteiger charge is 2.48. The summed E-state index contributed by atoms with van der Waals surface area (Å²) in [5.74, 6) is 3.50. The summed E-state index contributed by atoms with van der Waals surface area (Å²) in [5, 5.41) is 0. The van der Waals surface area contributed by atoms with Gasteiger partial charge in [-0.05, 0) is 66.3 Å². The van der Waals surface area contributed by atoms with E-state index in [0.29, 0.717) is 25.1 Å². The molecule has 5 rings (SSSR count). The first-order valence-electron chi connectivity index (χ1n) is 10.6. The predicted octanol–water partition coefficient (Wildman–Crippen LogP) is 3.62. The summed E-state index contributed by atoms with van der Waals surface area (Å²) in [6.07, 6.45) is 5.06. The molecule has 142 valence electrons. The molecular formula is C24H30N2O. The molecule has 0 radical (unpaired) electrons. The van der Waals surface area contributed by atoms with Gasteiger partial charge in [0.2, 0.25) is 0 Å². The van der Waals surface area contributed by atoms with Crippen molar-refractivity contribution in [2.24, 2.45) is 17.6 Å². The van der Waals surface area contributed by atoms with Gasteiger partial charge in [0.05, 0.1) is 0 Å². The van der Waals surface area contributed by atoms with Crippen molar-refractivity contribution >= 4 is 0 Å². The largest absolute Gasteiger partial charge is 0.492 e. The Hall–Kier alpha value is -1.84. The lowest BCUT2D eigenvalue weighted by Crippen LogP contribution is -2.42. The van der Waals surface area contributed by atoms with Gasteiger partial charge in [-0.2, -0.15) is 0 Å². The molecule has 0 bridgehead atoms. The van der Waals surface area contributed by atoms with Crippen molar-refractivity contribution in [1.29, 1.82) is 0 Å². The van der Waals surface area contributed by atoms with Gasteiger partial charge in [-0.3, -0.25) is 4.90 Å². The van der Waals surface area contributed by atoms with Crippen LogP contribution in [0.15, 0.2) is 48.5 Å². The highest BCUT2D eigenvalue weighted by molar-refractivity contribution is 5.42. The number of fused-ring (bicyclic) bond motifs is 2. The van der Waals surface area contributed by atoms with Gasteiger partial charge in [-0.1, -0.05) is 36.4 Å². The van der Waals surface area contributed by atoms with Gasteiger partial charge >= 0.3 is 0 Å². The van der Waals surface area contributed by atoms with Gasteiger partial charge in [0.1, 0.15) is 12.4 Å². The number of piperidine rings is 1. The quantitative estimate of drug-likeness (QED) is 0.853. The molecule has 0 aromatic heterocycles. The van der Waals surface area contributed by atoms with Crippen LogP contribution in [0.1, 0.15) is 35.4 Å². The number of ether oxygens (including phenoxy) is 1. The Labute approximate surface area is 162 Å². The Bertz CT molecular complexity index is 780. The second-order valence-electron chi connectivity index (χ2n) is 8.61. The van der Waals surface area contributed by atoms with E-state index < -0.39 is 0 Å². The zero-order valence-corrected chi connectivity index (χ0v) is 16.0. The standard InChI is InChI=1S/C24H30N2O/c25-10-11-27-21-8-6-18-7-9-24(26-15-19-13-20(19)16-26)23(22(18)14-21)12-17-4-2-1-3-5-17/h1-6,8,14,19-20,23-24H,7,9-13,15-16,25H2/t19-,20+,23?,24?. The zero-order valence-electron chi connectivity index (χ0n) is 16.0. The molecule has 2 fully saturated rings. The number of benzene rings is 2. The lowest BCUT2D eigenvalue weighted by Gasteiger charge is -2.40. The van der Waals surface area contributed by atoms with Crippen LogP contribution in [0.2, 0.25) is 0 Å². The molecule has 3 heteroatoms. The number of hydrogen-bond acceptors (Lipinski definition) is 3. The minimum Gasteiger partial charge on any atom is -0.492 e. The maximum Gasteiger partial charge on any atom is 0.119 e. The van der Waals surface area contributed by atoms with Gasteiger partial charge in [0, 0.05) is 31.6 Å². The van der Waals surface area contributed by atoms with Crippen molar-refractivity contribution < 1.29 is 4.74 Å². The fraction of sp³-hybridized carbons (Fsp3) is 0.500. The van der Waals surface area contributed by atoms with Crippen molar-refractivity contribution in [3.8, 4) is 5.75 Å². The fourth-order valence-corrected chi connectivity index (χ4v) is 5.38. The Balaban J connectivity index is 1.46. The topological polar surface area (TPSA) is 38.5 Å². The predicted molar refractivity (Wildman–Crippen MR) is 109 cm³/mol. The van der Waals surface area contributed by atoms with E-state index in [4.69, 9.17) is 10.5 Å². The molecule has 2 unspecified atom stereocenters. The third-order valence-electron chi connectivity index (χ3n) is 6.85. The summed E-state index contributed by atoms with van der Waals surface area (Å²) in [7, 11) is 0. The molecule has 0 spiro atoms. The average Bonchev–Trinajstić information content (AvgIpc) is 3.32. The molecule has 1 saturated carbocycles. The normalized spacial score (nSPS) is 29.2. The van der Waals surface area contributed by atoms with Crippen LogP contribution in [0.3, 0.4) is 0 Å². The van der Waals surface area contributed by atoms with Crippen LogP contribution in [0.25, 0.3) is 0 Å². The van der Waals surface area contributed by atoms with Crippen LogP contribution in [0.4, 0.5) is 0 Å². The van der Waals surface area contributed by atoms with E-state index in [-0.39, 0.29) is 0 Å². The Morgan fingerprint density at radius 1 is 1.04 bits per heavy atom. The molecule has 2 N–H and O–H groups in total. The maximum absolute atomic E-state index is 5.87. The molecule has 0 amide bonds. The van der Waals surface area contributed by atoms with Crippen LogP contribution in [0, 0.1) is 11.8 Å². The first-order chi connectivity index (χ1) is 13.3. The fourth-order valence-electron chi connectivity index (χ4n) is 5.38. The van der Waals surface area contributed by atoms with Crippen LogP contribution in [-0.4, -0.2) is 37.2 Å². The third kappa shape index (κ3) is 3.51. The summed E-state index contributed by atoms with van der Waals surface area (Å²) >= 11 is 0.